The smallest absolute Gasteiger partial charge is 0.224 e. The van der Waals surface area contributed by atoms with Gasteiger partial charge >= 0.3 is 0 Å². The van der Waals surface area contributed by atoms with Crippen LogP contribution in [-0.2, 0) is 11.3 Å². The van der Waals surface area contributed by atoms with E-state index in [0.717, 1.165) is 21.8 Å². The minimum absolute atomic E-state index is 0.0417. The molecule has 0 bridgehead atoms. The Morgan fingerprint density at radius 2 is 2.00 bits per heavy atom. The Morgan fingerprint density at radius 3 is 2.56 bits per heavy atom. The highest BCUT2D eigenvalue weighted by atomic mass is 35.5. The Morgan fingerprint density at radius 1 is 1.32 bits per heavy atom. The van der Waals surface area contributed by atoms with Crippen LogP contribution < -0.4 is 5.32 Å². The predicted octanol–water partition coefficient (Wildman–Crippen LogP) is 5.33. The molecule has 6 heteroatoms. The molecule has 1 aliphatic rings. The van der Waals surface area contributed by atoms with Crippen LogP contribution in [0.2, 0.25) is 0 Å². The van der Waals surface area contributed by atoms with Gasteiger partial charge in [0, 0.05) is 17.5 Å². The summed E-state index contributed by atoms with van der Waals surface area (Å²) < 4.78 is 0.223. The average molecular weight is 395 g/mol. The monoisotopic (exact) mass is 394 g/mol. The first-order valence-corrected chi connectivity index (χ1v) is 9.74. The molecule has 0 aliphatic heterocycles. The second-order valence-corrected chi connectivity index (χ2v) is 9.02. The molecule has 1 aliphatic carbocycles. The van der Waals surface area contributed by atoms with Crippen LogP contribution in [0.25, 0.3) is 11.3 Å². The molecular formula is C19H20Cl2N2OS. The van der Waals surface area contributed by atoms with Crippen molar-refractivity contribution >= 4 is 40.4 Å². The fourth-order valence-electron chi connectivity index (χ4n) is 3.21. The van der Waals surface area contributed by atoms with E-state index in [-0.39, 0.29) is 27.6 Å². The molecule has 2 aromatic rings. The summed E-state index contributed by atoms with van der Waals surface area (Å²) in [6.07, 6.45) is 1.76. The second kappa shape index (κ2) is 7.10. The maximum absolute atomic E-state index is 12.4. The average Bonchev–Trinajstić information content (AvgIpc) is 2.89. The van der Waals surface area contributed by atoms with Crippen molar-refractivity contribution in [1.82, 2.24) is 10.3 Å². The van der Waals surface area contributed by atoms with E-state index in [9.17, 15) is 4.79 Å². The molecule has 3 rings (SSSR count). The van der Waals surface area contributed by atoms with E-state index in [1.807, 2.05) is 31.2 Å². The van der Waals surface area contributed by atoms with E-state index < -0.39 is 0 Å². The molecular weight excluding hydrogens is 375 g/mol. The van der Waals surface area contributed by atoms with Crippen LogP contribution in [0.15, 0.2) is 40.2 Å². The number of hydrogen-bond donors (Lipinski definition) is 1. The zero-order valence-corrected chi connectivity index (χ0v) is 16.7. The summed E-state index contributed by atoms with van der Waals surface area (Å²) in [6.45, 7) is 6.61. The fraction of sp³-hybridized carbons (Fsp3) is 0.368. The number of carbonyl (C=O) groups excluding carboxylic acids is 1. The molecule has 1 heterocycles. The molecule has 3 nitrogen and oxygen atoms in total. The Bertz CT molecular complexity index is 807. The predicted molar refractivity (Wildman–Crippen MR) is 105 cm³/mol. The summed E-state index contributed by atoms with van der Waals surface area (Å²) in [7, 11) is 0. The van der Waals surface area contributed by atoms with Crippen molar-refractivity contribution < 1.29 is 4.79 Å². The highest BCUT2D eigenvalue weighted by Gasteiger charge is 2.60. The summed E-state index contributed by atoms with van der Waals surface area (Å²) >= 11 is 13.1. The number of thiazole rings is 1. The number of allylic oxidation sites excluding steroid dienone is 1. The number of hydrogen-bond acceptors (Lipinski definition) is 3. The molecule has 0 radical (unpaired) electrons. The fourth-order valence-corrected chi connectivity index (χ4v) is 4.11. The number of nitrogens with zero attached hydrogens (tertiary/aromatic N) is 1. The van der Waals surface area contributed by atoms with Gasteiger partial charge in [0.15, 0.2) is 0 Å². The van der Waals surface area contributed by atoms with E-state index >= 15 is 0 Å². The first-order chi connectivity index (χ1) is 11.8. The number of aromatic nitrogens is 1. The van der Waals surface area contributed by atoms with Crippen LogP contribution in [0.5, 0.6) is 0 Å². The number of carbonyl (C=O) groups is 1. The highest BCUT2D eigenvalue weighted by Crippen LogP contribution is 2.59. The van der Waals surface area contributed by atoms with Crippen molar-refractivity contribution in [2.75, 3.05) is 0 Å². The Kier molecular flexibility index (Phi) is 5.24. The third kappa shape index (κ3) is 4.08. The van der Waals surface area contributed by atoms with Gasteiger partial charge < -0.3 is 5.32 Å². The van der Waals surface area contributed by atoms with E-state index in [0.29, 0.717) is 6.54 Å². The van der Waals surface area contributed by atoms with Crippen LogP contribution in [0.1, 0.15) is 24.4 Å². The van der Waals surface area contributed by atoms with Crippen molar-refractivity contribution in [1.29, 1.82) is 0 Å². The van der Waals surface area contributed by atoms with Crippen molar-refractivity contribution in [3.05, 3.63) is 50.8 Å². The van der Waals surface area contributed by atoms with Gasteiger partial charge in [0.2, 0.25) is 5.91 Å². The molecule has 1 amide bonds. The van der Waals surface area contributed by atoms with Crippen LogP contribution in [0.4, 0.5) is 0 Å². The van der Waals surface area contributed by atoms with Crippen LogP contribution in [-0.4, -0.2) is 10.9 Å². The van der Waals surface area contributed by atoms with Gasteiger partial charge in [-0.2, -0.15) is 0 Å². The maximum Gasteiger partial charge on any atom is 0.224 e. The third-order valence-electron chi connectivity index (χ3n) is 4.83. The minimum Gasteiger partial charge on any atom is -0.352 e. The van der Waals surface area contributed by atoms with Gasteiger partial charge in [-0.3, -0.25) is 4.79 Å². The van der Waals surface area contributed by atoms with E-state index in [1.165, 1.54) is 0 Å². The van der Waals surface area contributed by atoms with Crippen LogP contribution in [0.3, 0.4) is 0 Å². The first kappa shape index (κ1) is 18.4. The van der Waals surface area contributed by atoms with Gasteiger partial charge in [0.25, 0.3) is 0 Å². The van der Waals surface area contributed by atoms with Gasteiger partial charge in [-0.05, 0) is 29.9 Å². The molecule has 25 heavy (non-hydrogen) atoms. The largest absolute Gasteiger partial charge is 0.352 e. The lowest BCUT2D eigenvalue weighted by Crippen LogP contribution is -2.26. The van der Waals surface area contributed by atoms with Crippen molar-refractivity contribution in [2.45, 2.75) is 27.3 Å². The Balaban J connectivity index is 1.59. The molecule has 1 N–H and O–H groups in total. The molecule has 0 saturated heterocycles. The lowest BCUT2D eigenvalue weighted by Gasteiger charge is -2.07. The van der Waals surface area contributed by atoms with Crippen LogP contribution >= 0.6 is 34.5 Å². The molecule has 1 saturated carbocycles. The summed E-state index contributed by atoms with van der Waals surface area (Å²) in [6, 6.07) is 8.12. The third-order valence-corrected chi connectivity index (χ3v) is 5.86. The summed E-state index contributed by atoms with van der Waals surface area (Å²) in [4.78, 5) is 16.9. The second-order valence-electron chi connectivity index (χ2n) is 6.95. The number of amides is 1. The van der Waals surface area contributed by atoms with E-state index in [1.54, 1.807) is 17.4 Å². The number of rotatable bonds is 5. The maximum atomic E-state index is 12.4. The van der Waals surface area contributed by atoms with Crippen LogP contribution in [0, 0.1) is 24.2 Å². The lowest BCUT2D eigenvalue weighted by molar-refractivity contribution is -0.123. The number of benzene rings is 1. The molecule has 132 valence electrons. The van der Waals surface area contributed by atoms with Crippen molar-refractivity contribution in [3.8, 4) is 11.3 Å². The standard InChI is InChI=1S/C19H20Cl2N2OS/c1-11-23-15(10-25-11)13-6-4-12(5-7-13)9-22-18(24)17-14(8-16(20)21)19(17,2)3/h4-8,10,14,17H,9H2,1-3H3,(H,22,24). The van der Waals surface area contributed by atoms with Gasteiger partial charge in [0.05, 0.1) is 16.6 Å². The first-order valence-electron chi connectivity index (χ1n) is 8.11. The zero-order valence-electron chi connectivity index (χ0n) is 14.3. The number of nitrogens with one attached hydrogen (secondary N) is 1. The normalized spacial score (nSPS) is 20.8. The summed E-state index contributed by atoms with van der Waals surface area (Å²) in [5.74, 6) is 0.0464. The number of halogens is 2. The van der Waals surface area contributed by atoms with Crippen molar-refractivity contribution in [3.63, 3.8) is 0 Å². The van der Waals surface area contributed by atoms with Gasteiger partial charge in [-0.1, -0.05) is 61.3 Å². The lowest BCUT2D eigenvalue weighted by atomic mass is 10.1. The zero-order chi connectivity index (χ0) is 18.2. The van der Waals surface area contributed by atoms with Gasteiger partial charge in [0.1, 0.15) is 4.49 Å². The quantitative estimate of drug-likeness (QED) is 0.744. The number of aryl methyl sites for hydroxylation is 1. The molecule has 2 unspecified atom stereocenters. The molecule has 1 fully saturated rings. The SMILES string of the molecule is Cc1nc(-c2ccc(CNC(=O)C3C(C=C(Cl)Cl)C3(C)C)cc2)cs1. The van der Waals surface area contributed by atoms with E-state index in [2.05, 4.69) is 29.5 Å². The molecule has 0 spiro atoms. The Labute approximate surface area is 162 Å². The van der Waals surface area contributed by atoms with Crippen molar-refractivity contribution in [2.24, 2.45) is 17.3 Å². The minimum atomic E-state index is -0.106. The van der Waals surface area contributed by atoms with E-state index in [4.69, 9.17) is 23.2 Å². The van der Waals surface area contributed by atoms with Gasteiger partial charge in [-0.15, -0.1) is 11.3 Å². The molecule has 1 aromatic carbocycles. The van der Waals surface area contributed by atoms with Gasteiger partial charge in [-0.25, -0.2) is 4.98 Å². The Hall–Kier alpha value is -1.36. The molecule has 2 atom stereocenters. The summed E-state index contributed by atoms with van der Waals surface area (Å²) in [5.41, 5.74) is 3.03. The highest BCUT2D eigenvalue weighted by molar-refractivity contribution is 7.09. The molecule has 1 aromatic heterocycles. The summed E-state index contributed by atoms with van der Waals surface area (Å²) in [5, 5.41) is 6.12. The topological polar surface area (TPSA) is 42.0 Å².